The molecule has 0 atom stereocenters. The minimum Gasteiger partial charge on any atom is -0.352 e. The quantitative estimate of drug-likeness (QED) is 0.793. The number of aromatic nitrogens is 1. The molecule has 122 valence electrons. The molecule has 0 aliphatic carbocycles. The van der Waals surface area contributed by atoms with Crippen molar-refractivity contribution in [1.82, 2.24) is 9.88 Å². The topological polar surface area (TPSA) is 51.1 Å². The summed E-state index contributed by atoms with van der Waals surface area (Å²) < 4.78 is 1.71. The number of aryl methyl sites for hydroxylation is 1. The summed E-state index contributed by atoms with van der Waals surface area (Å²) in [5, 5.41) is 3.74. The predicted molar refractivity (Wildman–Crippen MR) is 96.7 cm³/mol. The smallest absolute Gasteiger partial charge is 0.256 e. The lowest BCUT2D eigenvalue weighted by atomic mass is 10.1. The van der Waals surface area contributed by atoms with Gasteiger partial charge >= 0.3 is 0 Å². The number of carbonyl (C=O) groups is 1. The Kier molecular flexibility index (Phi) is 4.67. The number of para-hydroxylation sites is 1. The molecule has 0 bridgehead atoms. The highest BCUT2D eigenvalue weighted by molar-refractivity contribution is 6.35. The first-order chi connectivity index (χ1) is 11.6. The summed E-state index contributed by atoms with van der Waals surface area (Å²) in [7, 11) is 1.77. The zero-order valence-corrected chi connectivity index (χ0v) is 14.0. The van der Waals surface area contributed by atoms with Crippen molar-refractivity contribution >= 4 is 28.4 Å². The number of pyridine rings is 1. The number of nitrogens with zero attached hydrogens (tertiary/aromatic N) is 1. The molecule has 24 heavy (non-hydrogen) atoms. The van der Waals surface area contributed by atoms with Crippen LogP contribution in [0.3, 0.4) is 0 Å². The molecule has 5 heteroatoms. The first-order valence-electron chi connectivity index (χ1n) is 7.68. The van der Waals surface area contributed by atoms with Crippen molar-refractivity contribution in [3.8, 4) is 0 Å². The van der Waals surface area contributed by atoms with Gasteiger partial charge in [-0.3, -0.25) is 9.59 Å². The number of amides is 1. The highest BCUT2D eigenvalue weighted by Gasteiger charge is 2.15. The first kappa shape index (κ1) is 16.3. The van der Waals surface area contributed by atoms with E-state index in [0.717, 1.165) is 5.56 Å². The molecule has 1 aromatic heterocycles. The van der Waals surface area contributed by atoms with Crippen LogP contribution in [0.2, 0.25) is 5.02 Å². The lowest BCUT2D eigenvalue weighted by Gasteiger charge is -2.10. The summed E-state index contributed by atoms with van der Waals surface area (Å²) in [5.41, 5.74) is 1.59. The van der Waals surface area contributed by atoms with Gasteiger partial charge in [-0.1, -0.05) is 48.0 Å². The molecule has 3 aromatic rings. The molecule has 0 saturated carbocycles. The zero-order valence-electron chi connectivity index (χ0n) is 13.3. The Hall–Kier alpha value is -2.59. The third-order valence-electron chi connectivity index (χ3n) is 3.94. The number of fused-ring (bicyclic) bond motifs is 1. The van der Waals surface area contributed by atoms with Crippen LogP contribution >= 0.6 is 11.6 Å². The number of hydrogen-bond donors (Lipinski definition) is 1. The normalized spacial score (nSPS) is 10.8. The fourth-order valence-corrected chi connectivity index (χ4v) is 3.05. The highest BCUT2D eigenvalue weighted by Crippen LogP contribution is 2.20. The van der Waals surface area contributed by atoms with E-state index in [4.69, 9.17) is 11.6 Å². The van der Waals surface area contributed by atoms with Crippen molar-refractivity contribution in [2.24, 2.45) is 7.05 Å². The first-order valence-corrected chi connectivity index (χ1v) is 8.05. The van der Waals surface area contributed by atoms with E-state index in [1.165, 1.54) is 6.20 Å². The van der Waals surface area contributed by atoms with Crippen LogP contribution in [-0.2, 0) is 13.5 Å². The predicted octanol–water partition coefficient (Wildman–Crippen LogP) is 3.16. The summed E-state index contributed by atoms with van der Waals surface area (Å²) in [6.45, 7) is 0.472. The SMILES string of the molecule is Cn1cc(C(=O)NCCc2ccccc2)c(=O)c2cccc(Cl)c21. The Labute approximate surface area is 144 Å². The molecule has 0 aliphatic heterocycles. The minimum absolute atomic E-state index is 0.125. The molecule has 0 aliphatic rings. The van der Waals surface area contributed by atoms with Crippen LogP contribution in [0.5, 0.6) is 0 Å². The van der Waals surface area contributed by atoms with Gasteiger partial charge < -0.3 is 9.88 Å². The van der Waals surface area contributed by atoms with E-state index in [1.54, 1.807) is 29.8 Å². The maximum Gasteiger partial charge on any atom is 0.256 e. The van der Waals surface area contributed by atoms with Crippen LogP contribution in [0.1, 0.15) is 15.9 Å². The monoisotopic (exact) mass is 340 g/mol. The Morgan fingerprint density at radius 1 is 1.12 bits per heavy atom. The molecule has 4 nitrogen and oxygen atoms in total. The summed E-state index contributed by atoms with van der Waals surface area (Å²) in [6.07, 6.45) is 2.25. The lowest BCUT2D eigenvalue weighted by molar-refractivity contribution is 0.0952. The van der Waals surface area contributed by atoms with E-state index in [-0.39, 0.29) is 16.9 Å². The average molecular weight is 341 g/mol. The average Bonchev–Trinajstić information content (AvgIpc) is 2.58. The third kappa shape index (κ3) is 3.19. The van der Waals surface area contributed by atoms with Crippen LogP contribution in [0, 0.1) is 0 Å². The maximum absolute atomic E-state index is 12.6. The number of carbonyl (C=O) groups excluding carboxylic acids is 1. The van der Waals surface area contributed by atoms with Crippen LogP contribution in [0.25, 0.3) is 10.9 Å². The number of benzene rings is 2. The van der Waals surface area contributed by atoms with E-state index in [9.17, 15) is 9.59 Å². The summed E-state index contributed by atoms with van der Waals surface area (Å²) >= 11 is 6.16. The molecule has 1 N–H and O–H groups in total. The van der Waals surface area contributed by atoms with E-state index in [1.807, 2.05) is 30.3 Å². The number of hydrogen-bond acceptors (Lipinski definition) is 2. The Bertz CT molecular complexity index is 949. The van der Waals surface area contributed by atoms with Gasteiger partial charge in [0.25, 0.3) is 5.91 Å². The van der Waals surface area contributed by atoms with Gasteiger partial charge in [0.15, 0.2) is 0 Å². The van der Waals surface area contributed by atoms with Crippen molar-refractivity contribution in [3.05, 3.63) is 81.1 Å². The third-order valence-corrected chi connectivity index (χ3v) is 4.24. The van der Waals surface area contributed by atoms with Gasteiger partial charge in [0.05, 0.1) is 10.5 Å². The molecule has 0 fully saturated rings. The van der Waals surface area contributed by atoms with E-state index < -0.39 is 0 Å². The fourth-order valence-electron chi connectivity index (χ4n) is 2.74. The molecule has 0 saturated heterocycles. The van der Waals surface area contributed by atoms with Gasteiger partial charge in [0.1, 0.15) is 5.56 Å². The number of nitrogens with one attached hydrogen (secondary N) is 1. The van der Waals surface area contributed by atoms with E-state index >= 15 is 0 Å². The molecule has 1 heterocycles. The second-order valence-corrected chi connectivity index (χ2v) is 6.02. The Balaban J connectivity index is 1.83. The van der Waals surface area contributed by atoms with Crippen molar-refractivity contribution in [3.63, 3.8) is 0 Å². The van der Waals surface area contributed by atoms with Crippen LogP contribution in [-0.4, -0.2) is 17.0 Å². The summed E-state index contributed by atoms with van der Waals surface area (Å²) in [6, 6.07) is 15.0. The van der Waals surface area contributed by atoms with Crippen LogP contribution in [0.15, 0.2) is 59.5 Å². The van der Waals surface area contributed by atoms with E-state index in [0.29, 0.717) is 28.9 Å². The van der Waals surface area contributed by atoms with Crippen molar-refractivity contribution in [1.29, 1.82) is 0 Å². The molecule has 1 amide bonds. The summed E-state index contributed by atoms with van der Waals surface area (Å²) in [4.78, 5) is 25.0. The number of rotatable bonds is 4. The zero-order chi connectivity index (χ0) is 17.1. The summed E-state index contributed by atoms with van der Waals surface area (Å²) in [5.74, 6) is -0.367. The van der Waals surface area contributed by atoms with Gasteiger partial charge in [-0.25, -0.2) is 0 Å². The van der Waals surface area contributed by atoms with Gasteiger partial charge in [-0.2, -0.15) is 0 Å². The standard InChI is InChI=1S/C19H17ClN2O2/c1-22-12-15(18(23)14-8-5-9-16(20)17(14)22)19(24)21-11-10-13-6-3-2-4-7-13/h2-9,12H,10-11H2,1H3,(H,21,24). The highest BCUT2D eigenvalue weighted by atomic mass is 35.5. The largest absolute Gasteiger partial charge is 0.352 e. The van der Waals surface area contributed by atoms with Gasteiger partial charge in [0, 0.05) is 25.2 Å². The Morgan fingerprint density at radius 2 is 1.88 bits per heavy atom. The Morgan fingerprint density at radius 3 is 2.62 bits per heavy atom. The van der Waals surface area contributed by atoms with Crippen molar-refractivity contribution in [2.45, 2.75) is 6.42 Å². The minimum atomic E-state index is -0.367. The maximum atomic E-state index is 12.6. The van der Waals surface area contributed by atoms with Crippen molar-refractivity contribution in [2.75, 3.05) is 6.54 Å². The van der Waals surface area contributed by atoms with E-state index in [2.05, 4.69) is 5.32 Å². The lowest BCUT2D eigenvalue weighted by Crippen LogP contribution is -2.31. The van der Waals surface area contributed by atoms with Crippen LogP contribution in [0.4, 0.5) is 0 Å². The van der Waals surface area contributed by atoms with Gasteiger partial charge in [0.2, 0.25) is 5.43 Å². The van der Waals surface area contributed by atoms with Gasteiger partial charge in [-0.15, -0.1) is 0 Å². The molecular weight excluding hydrogens is 324 g/mol. The van der Waals surface area contributed by atoms with Gasteiger partial charge in [-0.05, 0) is 24.1 Å². The molecule has 0 spiro atoms. The molecular formula is C19H17ClN2O2. The molecule has 0 unspecified atom stereocenters. The number of halogens is 1. The molecule has 2 aromatic carbocycles. The molecule has 0 radical (unpaired) electrons. The van der Waals surface area contributed by atoms with Crippen molar-refractivity contribution < 1.29 is 4.79 Å². The fraction of sp³-hybridized carbons (Fsp3) is 0.158. The molecule has 3 rings (SSSR count). The second-order valence-electron chi connectivity index (χ2n) is 5.61. The van der Waals surface area contributed by atoms with Crippen LogP contribution < -0.4 is 10.7 Å². The second kappa shape index (κ2) is 6.89.